The summed E-state index contributed by atoms with van der Waals surface area (Å²) in [5, 5.41) is 11.7. The number of anilines is 1. The number of nitrogens with one attached hydrogen (secondary N) is 1. The van der Waals surface area contributed by atoms with E-state index in [0.29, 0.717) is 18.1 Å². The molecule has 1 aromatic heterocycles. The van der Waals surface area contributed by atoms with Crippen LogP contribution in [0.15, 0.2) is 12.4 Å². The summed E-state index contributed by atoms with van der Waals surface area (Å²) < 4.78 is 4.55. The van der Waals surface area contributed by atoms with Crippen molar-refractivity contribution in [2.24, 2.45) is 0 Å². The lowest BCUT2D eigenvalue weighted by Crippen LogP contribution is -2.37. The first kappa shape index (κ1) is 12.1. The van der Waals surface area contributed by atoms with Crippen LogP contribution in [-0.2, 0) is 4.74 Å². The topological polar surface area (TPSA) is 91.1 Å². The van der Waals surface area contributed by atoms with Crippen molar-refractivity contribution in [2.45, 2.75) is 12.5 Å². The molecule has 2 rings (SSSR count). The van der Waals surface area contributed by atoms with Crippen LogP contribution >= 0.6 is 0 Å². The van der Waals surface area contributed by atoms with Gasteiger partial charge in [-0.2, -0.15) is 5.26 Å². The van der Waals surface area contributed by atoms with E-state index in [1.165, 1.54) is 13.3 Å². The maximum absolute atomic E-state index is 11.1. The number of nitrogens with zero attached hydrogens (tertiary/aromatic N) is 4. The maximum atomic E-state index is 11.1. The first-order chi connectivity index (χ1) is 8.74. The predicted octanol–water partition coefficient (Wildman–Crippen LogP) is 0.283. The molecule has 0 bridgehead atoms. The Balaban J connectivity index is 2.05. The molecule has 0 aliphatic carbocycles. The minimum absolute atomic E-state index is 0.00555. The lowest BCUT2D eigenvalue weighted by molar-refractivity contribution is 0.167. The molecular formula is C11H13N5O2. The number of aromatic nitrogens is 2. The van der Waals surface area contributed by atoms with Crippen molar-refractivity contribution in [2.75, 3.05) is 25.1 Å². The van der Waals surface area contributed by atoms with Gasteiger partial charge in [0.1, 0.15) is 6.07 Å². The average molecular weight is 247 g/mol. The lowest BCUT2D eigenvalue weighted by atomic mass is 10.3. The van der Waals surface area contributed by atoms with E-state index in [1.54, 1.807) is 6.20 Å². The Bertz CT molecular complexity index is 485. The molecule has 1 N–H and O–H groups in total. The molecule has 1 aliphatic heterocycles. The molecule has 18 heavy (non-hydrogen) atoms. The van der Waals surface area contributed by atoms with Gasteiger partial charge in [0.2, 0.25) is 0 Å². The summed E-state index contributed by atoms with van der Waals surface area (Å²) in [5.41, 5.74) is 0.302. The number of carbonyl (C=O) groups is 1. The summed E-state index contributed by atoms with van der Waals surface area (Å²) in [4.78, 5) is 21.2. The molecule has 7 heteroatoms. The molecule has 1 saturated heterocycles. The van der Waals surface area contributed by atoms with E-state index < -0.39 is 6.09 Å². The zero-order chi connectivity index (χ0) is 13.0. The summed E-state index contributed by atoms with van der Waals surface area (Å²) in [6, 6.07) is 2.02. The van der Waals surface area contributed by atoms with Gasteiger partial charge in [0.15, 0.2) is 11.5 Å². The molecule has 1 atom stereocenters. The van der Waals surface area contributed by atoms with E-state index >= 15 is 0 Å². The molecule has 1 amide bonds. The first-order valence-electron chi connectivity index (χ1n) is 5.55. The second-order valence-electron chi connectivity index (χ2n) is 3.91. The molecule has 0 aromatic carbocycles. The number of rotatable bonds is 2. The van der Waals surface area contributed by atoms with Crippen LogP contribution < -0.4 is 10.2 Å². The monoisotopic (exact) mass is 247 g/mol. The van der Waals surface area contributed by atoms with Gasteiger partial charge in [0, 0.05) is 25.5 Å². The van der Waals surface area contributed by atoms with Gasteiger partial charge in [-0.1, -0.05) is 0 Å². The standard InChI is InChI=1S/C11H13N5O2/c1-18-11(17)15-8-2-5-16(7-8)10-9(6-12)13-3-4-14-10/h3-4,8H,2,5,7H2,1H3,(H,15,17). The van der Waals surface area contributed by atoms with Crippen LogP contribution in [0.2, 0.25) is 0 Å². The number of carbonyl (C=O) groups excluding carboxylic acids is 1. The Morgan fingerprint density at radius 2 is 2.39 bits per heavy atom. The zero-order valence-electron chi connectivity index (χ0n) is 9.96. The minimum Gasteiger partial charge on any atom is -0.453 e. The molecule has 0 radical (unpaired) electrons. The summed E-state index contributed by atoms with van der Waals surface area (Å²) in [7, 11) is 1.33. The van der Waals surface area contributed by atoms with Gasteiger partial charge in [0.05, 0.1) is 13.2 Å². The van der Waals surface area contributed by atoms with Crippen LogP contribution in [0, 0.1) is 11.3 Å². The molecule has 1 fully saturated rings. The van der Waals surface area contributed by atoms with Gasteiger partial charge in [-0.3, -0.25) is 0 Å². The van der Waals surface area contributed by atoms with Gasteiger partial charge >= 0.3 is 6.09 Å². The van der Waals surface area contributed by atoms with Gasteiger partial charge in [-0.05, 0) is 6.42 Å². The van der Waals surface area contributed by atoms with Crippen molar-refractivity contribution in [3.8, 4) is 6.07 Å². The molecule has 1 aliphatic rings. The van der Waals surface area contributed by atoms with Crippen LogP contribution in [0.4, 0.5) is 10.6 Å². The highest BCUT2D eigenvalue weighted by Crippen LogP contribution is 2.20. The van der Waals surface area contributed by atoms with Crippen LogP contribution in [0.3, 0.4) is 0 Å². The second-order valence-corrected chi connectivity index (χ2v) is 3.91. The summed E-state index contributed by atoms with van der Waals surface area (Å²) in [6.07, 6.45) is 3.39. The molecule has 7 nitrogen and oxygen atoms in total. The van der Waals surface area contributed by atoms with E-state index in [0.717, 1.165) is 13.0 Å². The third-order valence-electron chi connectivity index (χ3n) is 2.78. The summed E-state index contributed by atoms with van der Waals surface area (Å²) >= 11 is 0. The molecule has 0 spiro atoms. The third-order valence-corrected chi connectivity index (χ3v) is 2.78. The number of ether oxygens (including phenoxy) is 1. The highest BCUT2D eigenvalue weighted by atomic mass is 16.5. The van der Waals surface area contributed by atoms with Crippen molar-refractivity contribution in [3.05, 3.63) is 18.1 Å². The van der Waals surface area contributed by atoms with E-state index in [1.807, 2.05) is 11.0 Å². The molecule has 2 heterocycles. The van der Waals surface area contributed by atoms with Crippen molar-refractivity contribution in [3.63, 3.8) is 0 Å². The van der Waals surface area contributed by atoms with Crippen LogP contribution in [-0.4, -0.2) is 42.3 Å². The number of amides is 1. The fourth-order valence-corrected chi connectivity index (χ4v) is 1.94. The first-order valence-corrected chi connectivity index (χ1v) is 5.55. The Kier molecular flexibility index (Phi) is 3.57. The second kappa shape index (κ2) is 5.31. The van der Waals surface area contributed by atoms with E-state index in [-0.39, 0.29) is 6.04 Å². The van der Waals surface area contributed by atoms with Crippen molar-refractivity contribution in [1.82, 2.24) is 15.3 Å². The number of hydrogen-bond donors (Lipinski definition) is 1. The highest BCUT2D eigenvalue weighted by molar-refractivity contribution is 5.67. The molecule has 94 valence electrons. The maximum Gasteiger partial charge on any atom is 0.407 e. The summed E-state index contributed by atoms with van der Waals surface area (Å²) in [5.74, 6) is 0.564. The zero-order valence-corrected chi connectivity index (χ0v) is 9.96. The van der Waals surface area contributed by atoms with Gasteiger partial charge in [-0.25, -0.2) is 14.8 Å². The molecular weight excluding hydrogens is 234 g/mol. The van der Waals surface area contributed by atoms with Gasteiger partial charge in [0.25, 0.3) is 0 Å². The van der Waals surface area contributed by atoms with Crippen LogP contribution in [0.5, 0.6) is 0 Å². The van der Waals surface area contributed by atoms with Gasteiger partial charge < -0.3 is 15.0 Å². The van der Waals surface area contributed by atoms with E-state index in [9.17, 15) is 4.79 Å². The quantitative estimate of drug-likeness (QED) is 0.807. The number of alkyl carbamates (subject to hydrolysis) is 1. The van der Waals surface area contributed by atoms with Crippen molar-refractivity contribution >= 4 is 11.9 Å². The molecule has 1 aromatic rings. The molecule has 0 saturated carbocycles. The average Bonchev–Trinajstić information content (AvgIpc) is 2.86. The SMILES string of the molecule is COC(=O)NC1CCN(c2nccnc2C#N)C1. The Morgan fingerprint density at radius 3 is 3.11 bits per heavy atom. The van der Waals surface area contributed by atoms with Crippen LogP contribution in [0.25, 0.3) is 0 Å². The van der Waals surface area contributed by atoms with E-state index in [4.69, 9.17) is 5.26 Å². The highest BCUT2D eigenvalue weighted by Gasteiger charge is 2.26. The Morgan fingerprint density at radius 1 is 1.61 bits per heavy atom. The fraction of sp³-hybridized carbons (Fsp3) is 0.455. The number of hydrogen-bond acceptors (Lipinski definition) is 6. The van der Waals surface area contributed by atoms with Gasteiger partial charge in [-0.15, -0.1) is 0 Å². The third kappa shape index (κ3) is 2.48. The smallest absolute Gasteiger partial charge is 0.407 e. The lowest BCUT2D eigenvalue weighted by Gasteiger charge is -2.17. The van der Waals surface area contributed by atoms with Crippen LogP contribution in [0.1, 0.15) is 12.1 Å². The van der Waals surface area contributed by atoms with Crippen molar-refractivity contribution in [1.29, 1.82) is 5.26 Å². The molecule has 1 unspecified atom stereocenters. The minimum atomic E-state index is -0.443. The predicted molar refractivity (Wildman–Crippen MR) is 62.9 cm³/mol. The normalized spacial score (nSPS) is 18.2. The van der Waals surface area contributed by atoms with E-state index in [2.05, 4.69) is 20.0 Å². The van der Waals surface area contributed by atoms with Crippen molar-refractivity contribution < 1.29 is 9.53 Å². The Hall–Kier alpha value is -2.36. The number of nitriles is 1. The number of methoxy groups -OCH3 is 1. The largest absolute Gasteiger partial charge is 0.453 e. The summed E-state index contributed by atoms with van der Waals surface area (Å²) in [6.45, 7) is 1.32. The fourth-order valence-electron chi connectivity index (χ4n) is 1.94. The Labute approximate surface area is 104 Å².